The highest BCUT2D eigenvalue weighted by Gasteiger charge is 2.05. The van der Waals surface area contributed by atoms with Gasteiger partial charge in [-0.3, -0.25) is 10.2 Å². The van der Waals surface area contributed by atoms with Gasteiger partial charge in [0, 0.05) is 12.1 Å². The summed E-state index contributed by atoms with van der Waals surface area (Å²) in [6.45, 7) is 2.25. The molecule has 0 unspecified atom stereocenters. The van der Waals surface area contributed by atoms with E-state index in [1.54, 1.807) is 4.57 Å². The summed E-state index contributed by atoms with van der Waals surface area (Å²) in [7, 11) is 0. The van der Waals surface area contributed by atoms with E-state index in [0.29, 0.717) is 0 Å². The third-order valence-electron chi connectivity index (χ3n) is 1.54. The molecule has 0 radical (unpaired) electrons. The van der Waals surface area contributed by atoms with Crippen LogP contribution in [-0.4, -0.2) is 5.91 Å². The zero-order chi connectivity index (χ0) is 8.97. The third kappa shape index (κ3) is 3.87. The van der Waals surface area contributed by atoms with Crippen molar-refractivity contribution in [2.75, 3.05) is 0 Å². The van der Waals surface area contributed by atoms with Gasteiger partial charge in [-0.15, -0.1) is 0 Å². The highest BCUT2D eigenvalue weighted by atomic mass is 35.5. The Morgan fingerprint density at radius 1 is 1.54 bits per heavy atom. The van der Waals surface area contributed by atoms with Gasteiger partial charge in [-0.05, 0) is 12.5 Å². The van der Waals surface area contributed by atoms with Gasteiger partial charge in [-0.2, -0.15) is 4.57 Å². The molecule has 1 aromatic rings. The first-order chi connectivity index (χ1) is 5.72. The molecule has 1 heterocycles. The smallest absolute Gasteiger partial charge is 0.299 e. The molecule has 1 aromatic heterocycles. The van der Waals surface area contributed by atoms with Crippen LogP contribution in [-0.2, 0) is 11.3 Å². The third-order valence-corrected chi connectivity index (χ3v) is 1.54. The van der Waals surface area contributed by atoms with E-state index in [4.69, 9.17) is 5.84 Å². The van der Waals surface area contributed by atoms with Gasteiger partial charge in [0.25, 0.3) is 5.91 Å². The number of hydrogen-bond donors (Lipinski definition) is 2. The lowest BCUT2D eigenvalue weighted by molar-refractivity contribution is -0.684. The van der Waals surface area contributed by atoms with Crippen LogP contribution in [0.2, 0.25) is 0 Å². The summed E-state index contributed by atoms with van der Waals surface area (Å²) < 4.78 is 1.76. The van der Waals surface area contributed by atoms with E-state index >= 15 is 0 Å². The second-order valence-corrected chi connectivity index (χ2v) is 2.62. The standard InChI is InChI=1S/C8H11N3O.ClH/c1-7-2-4-11(5-3-7)6-8(12)10-9;/h2-5H,6,9H2,1H3;1H. The molecular formula is C8H12ClN3O. The fourth-order valence-corrected chi connectivity index (χ4v) is 0.849. The van der Waals surface area contributed by atoms with Crippen molar-refractivity contribution in [1.82, 2.24) is 5.43 Å². The molecule has 0 aliphatic heterocycles. The molecule has 1 rings (SSSR count). The van der Waals surface area contributed by atoms with Crippen LogP contribution in [0.5, 0.6) is 0 Å². The normalized spacial score (nSPS) is 8.77. The van der Waals surface area contributed by atoms with Crippen molar-refractivity contribution in [3.05, 3.63) is 30.1 Å². The fourth-order valence-electron chi connectivity index (χ4n) is 0.849. The Morgan fingerprint density at radius 3 is 2.54 bits per heavy atom. The minimum Gasteiger partial charge on any atom is -1.00 e. The number of amides is 1. The first kappa shape index (κ1) is 11.9. The van der Waals surface area contributed by atoms with Gasteiger partial charge < -0.3 is 12.4 Å². The van der Waals surface area contributed by atoms with Crippen LogP contribution in [0.3, 0.4) is 0 Å². The van der Waals surface area contributed by atoms with Crippen LogP contribution in [0.25, 0.3) is 0 Å². The van der Waals surface area contributed by atoms with E-state index in [2.05, 4.69) is 5.43 Å². The maximum atomic E-state index is 10.8. The highest BCUT2D eigenvalue weighted by Crippen LogP contribution is 1.88. The number of hydrazine groups is 1. The van der Waals surface area contributed by atoms with Gasteiger partial charge in [0.05, 0.1) is 0 Å². The quantitative estimate of drug-likeness (QED) is 0.224. The number of nitrogens with two attached hydrogens (primary N) is 1. The molecule has 0 aromatic carbocycles. The zero-order valence-corrected chi connectivity index (χ0v) is 8.08. The second-order valence-electron chi connectivity index (χ2n) is 2.62. The van der Waals surface area contributed by atoms with Gasteiger partial charge in [0.1, 0.15) is 0 Å². The molecule has 1 amide bonds. The Morgan fingerprint density at radius 2 is 2.08 bits per heavy atom. The average molecular weight is 202 g/mol. The van der Waals surface area contributed by atoms with Crippen LogP contribution in [0.4, 0.5) is 0 Å². The molecule has 0 saturated carbocycles. The predicted molar refractivity (Wildman–Crippen MR) is 43.7 cm³/mol. The molecule has 0 aliphatic carbocycles. The van der Waals surface area contributed by atoms with E-state index in [1.807, 2.05) is 31.5 Å². The molecule has 0 aliphatic rings. The summed E-state index contributed by atoms with van der Waals surface area (Å²) in [5.74, 6) is 4.73. The minimum atomic E-state index is -0.205. The lowest BCUT2D eigenvalue weighted by Gasteiger charge is -1.95. The fraction of sp³-hybridized carbons (Fsp3) is 0.250. The number of carbonyl (C=O) groups is 1. The van der Waals surface area contributed by atoms with Crippen LogP contribution >= 0.6 is 0 Å². The van der Waals surface area contributed by atoms with Crippen LogP contribution in [0.15, 0.2) is 24.5 Å². The van der Waals surface area contributed by atoms with Crippen molar-refractivity contribution < 1.29 is 21.8 Å². The topological polar surface area (TPSA) is 59.0 Å². The van der Waals surface area contributed by atoms with E-state index in [1.165, 1.54) is 5.56 Å². The Balaban J connectivity index is 0.00000144. The molecule has 13 heavy (non-hydrogen) atoms. The largest absolute Gasteiger partial charge is 1.00 e. The van der Waals surface area contributed by atoms with E-state index < -0.39 is 0 Å². The SMILES string of the molecule is Cc1cc[n+](CC(=O)NN)cc1.[Cl-]. The maximum absolute atomic E-state index is 10.8. The van der Waals surface area contributed by atoms with Gasteiger partial charge in [0.15, 0.2) is 12.4 Å². The lowest BCUT2D eigenvalue weighted by atomic mass is 10.3. The molecule has 0 atom stereocenters. The summed E-state index contributed by atoms with van der Waals surface area (Å²) in [5, 5.41) is 0. The van der Waals surface area contributed by atoms with Gasteiger partial charge in [-0.1, -0.05) is 0 Å². The monoisotopic (exact) mass is 201 g/mol. The van der Waals surface area contributed by atoms with Crippen LogP contribution in [0, 0.1) is 6.92 Å². The molecule has 0 fully saturated rings. The molecule has 3 N–H and O–H groups in total. The minimum absolute atomic E-state index is 0. The van der Waals surface area contributed by atoms with E-state index in [-0.39, 0.29) is 24.9 Å². The summed E-state index contributed by atoms with van der Waals surface area (Å²) in [4.78, 5) is 10.8. The summed E-state index contributed by atoms with van der Waals surface area (Å²) in [5.41, 5.74) is 3.23. The number of nitrogens with one attached hydrogen (secondary N) is 1. The van der Waals surface area contributed by atoms with Crippen molar-refractivity contribution in [3.63, 3.8) is 0 Å². The van der Waals surface area contributed by atoms with Gasteiger partial charge in [0.2, 0.25) is 6.54 Å². The number of aryl methyl sites for hydroxylation is 1. The first-order valence-electron chi connectivity index (χ1n) is 3.67. The Hall–Kier alpha value is -1.13. The van der Waals surface area contributed by atoms with Gasteiger partial charge >= 0.3 is 0 Å². The van der Waals surface area contributed by atoms with Crippen molar-refractivity contribution in [2.45, 2.75) is 13.5 Å². The van der Waals surface area contributed by atoms with Gasteiger partial charge in [-0.25, -0.2) is 5.84 Å². The van der Waals surface area contributed by atoms with Crippen molar-refractivity contribution >= 4 is 5.91 Å². The number of halogens is 1. The lowest BCUT2D eigenvalue weighted by Crippen LogP contribution is -3.00. The molecular weight excluding hydrogens is 190 g/mol. The van der Waals surface area contributed by atoms with Crippen LogP contribution < -0.4 is 28.2 Å². The Kier molecular flexibility index (Phi) is 5.03. The average Bonchev–Trinajstić information content (AvgIpc) is 2.09. The van der Waals surface area contributed by atoms with E-state index in [0.717, 1.165) is 0 Å². The number of nitrogens with zero attached hydrogens (tertiary/aromatic N) is 1. The summed E-state index contributed by atoms with van der Waals surface area (Å²) >= 11 is 0. The molecule has 5 heteroatoms. The number of pyridine rings is 1. The molecule has 0 saturated heterocycles. The molecule has 0 bridgehead atoms. The Labute approximate surface area is 83.1 Å². The first-order valence-corrected chi connectivity index (χ1v) is 3.67. The maximum Gasteiger partial charge on any atom is 0.299 e. The highest BCUT2D eigenvalue weighted by molar-refractivity contribution is 5.73. The van der Waals surface area contributed by atoms with Crippen molar-refractivity contribution in [2.24, 2.45) is 5.84 Å². The molecule has 4 nitrogen and oxygen atoms in total. The predicted octanol–water partition coefficient (Wildman–Crippen LogP) is -3.72. The number of hydrogen-bond acceptors (Lipinski definition) is 2. The Bertz CT molecular complexity index is 273. The van der Waals surface area contributed by atoms with Crippen molar-refractivity contribution in [3.8, 4) is 0 Å². The number of carbonyl (C=O) groups excluding carboxylic acids is 1. The van der Waals surface area contributed by atoms with E-state index in [9.17, 15) is 4.79 Å². The molecule has 72 valence electrons. The van der Waals surface area contributed by atoms with Crippen LogP contribution in [0.1, 0.15) is 5.56 Å². The number of aromatic nitrogens is 1. The summed E-state index contributed by atoms with van der Waals surface area (Å²) in [6, 6.07) is 3.87. The van der Waals surface area contributed by atoms with Crippen molar-refractivity contribution in [1.29, 1.82) is 0 Å². The second kappa shape index (κ2) is 5.50. The zero-order valence-electron chi connectivity index (χ0n) is 7.33. The summed E-state index contributed by atoms with van der Waals surface area (Å²) in [6.07, 6.45) is 3.68. The molecule has 0 spiro atoms. The number of rotatable bonds is 2.